The highest BCUT2D eigenvalue weighted by molar-refractivity contribution is 7.98. The van der Waals surface area contributed by atoms with E-state index in [0.29, 0.717) is 35.4 Å². The number of methoxy groups -OCH3 is 1. The van der Waals surface area contributed by atoms with Crippen LogP contribution in [0.15, 0.2) is 36.0 Å². The van der Waals surface area contributed by atoms with Gasteiger partial charge in [-0.2, -0.15) is 0 Å². The minimum absolute atomic E-state index is 0.340. The topological polar surface area (TPSA) is 39.9 Å². The third-order valence-corrected chi connectivity index (χ3v) is 3.77. The molecular weight excluding hydrogens is 296 g/mol. The summed E-state index contributed by atoms with van der Waals surface area (Å²) >= 11 is 1.33. The largest absolute Gasteiger partial charge is 0.377 e. The van der Waals surface area contributed by atoms with Gasteiger partial charge in [0.25, 0.3) is 0 Å². The molecule has 0 radical (unpaired) electrons. The second-order valence-corrected chi connectivity index (χ2v) is 5.20. The molecule has 0 N–H and O–H groups in total. The van der Waals surface area contributed by atoms with E-state index in [1.165, 1.54) is 23.9 Å². The van der Waals surface area contributed by atoms with Crippen molar-refractivity contribution in [2.75, 3.05) is 7.11 Å². The second-order valence-electron chi connectivity index (χ2n) is 4.26. The SMILES string of the molecule is C=CCn1c(COC)nnc1SCc1ccc(F)cc1F. The van der Waals surface area contributed by atoms with Crippen LogP contribution in [-0.2, 0) is 23.6 Å². The number of rotatable bonds is 7. The van der Waals surface area contributed by atoms with Gasteiger partial charge in [-0.1, -0.05) is 23.9 Å². The first-order valence-corrected chi connectivity index (χ1v) is 7.23. The van der Waals surface area contributed by atoms with E-state index in [1.54, 1.807) is 13.2 Å². The van der Waals surface area contributed by atoms with Crippen molar-refractivity contribution in [2.45, 2.75) is 24.1 Å². The molecule has 0 atom stereocenters. The third kappa shape index (κ3) is 3.89. The van der Waals surface area contributed by atoms with Gasteiger partial charge in [-0.3, -0.25) is 0 Å². The van der Waals surface area contributed by atoms with Crippen molar-refractivity contribution in [2.24, 2.45) is 0 Å². The summed E-state index contributed by atoms with van der Waals surface area (Å²) < 4.78 is 33.4. The van der Waals surface area contributed by atoms with Crippen LogP contribution in [0, 0.1) is 11.6 Å². The molecule has 0 unspecified atom stereocenters. The molecule has 21 heavy (non-hydrogen) atoms. The van der Waals surface area contributed by atoms with Gasteiger partial charge in [0.05, 0.1) is 0 Å². The molecule has 7 heteroatoms. The van der Waals surface area contributed by atoms with Gasteiger partial charge in [0.2, 0.25) is 0 Å². The van der Waals surface area contributed by atoms with Crippen LogP contribution in [0.1, 0.15) is 11.4 Å². The van der Waals surface area contributed by atoms with Crippen LogP contribution in [0.3, 0.4) is 0 Å². The van der Waals surface area contributed by atoms with Crippen molar-refractivity contribution in [1.82, 2.24) is 14.8 Å². The lowest BCUT2D eigenvalue weighted by Gasteiger charge is -2.07. The van der Waals surface area contributed by atoms with Gasteiger partial charge in [-0.15, -0.1) is 16.8 Å². The molecule has 0 amide bonds. The maximum Gasteiger partial charge on any atom is 0.191 e. The summed E-state index contributed by atoms with van der Waals surface area (Å²) in [6, 6.07) is 3.55. The maximum absolute atomic E-state index is 13.6. The van der Waals surface area contributed by atoms with Crippen molar-refractivity contribution in [1.29, 1.82) is 0 Å². The Bertz CT molecular complexity index is 631. The molecule has 112 valence electrons. The minimum Gasteiger partial charge on any atom is -0.377 e. The molecule has 1 heterocycles. The van der Waals surface area contributed by atoms with E-state index in [2.05, 4.69) is 16.8 Å². The van der Waals surface area contributed by atoms with Gasteiger partial charge < -0.3 is 9.30 Å². The minimum atomic E-state index is -0.585. The van der Waals surface area contributed by atoms with E-state index in [1.807, 2.05) is 4.57 Å². The van der Waals surface area contributed by atoms with Gasteiger partial charge in [-0.25, -0.2) is 8.78 Å². The van der Waals surface area contributed by atoms with Gasteiger partial charge in [-0.05, 0) is 11.6 Å². The number of benzene rings is 1. The van der Waals surface area contributed by atoms with Crippen molar-refractivity contribution >= 4 is 11.8 Å². The van der Waals surface area contributed by atoms with E-state index >= 15 is 0 Å². The Hall–Kier alpha value is -1.73. The number of thioether (sulfide) groups is 1. The molecule has 0 aliphatic carbocycles. The van der Waals surface area contributed by atoms with Crippen LogP contribution in [0.25, 0.3) is 0 Å². The maximum atomic E-state index is 13.6. The van der Waals surface area contributed by atoms with Crippen LogP contribution in [-0.4, -0.2) is 21.9 Å². The molecule has 4 nitrogen and oxygen atoms in total. The zero-order chi connectivity index (χ0) is 15.2. The molecule has 0 fully saturated rings. The zero-order valence-electron chi connectivity index (χ0n) is 11.6. The molecule has 1 aromatic heterocycles. The summed E-state index contributed by atoms with van der Waals surface area (Å²) in [5.41, 5.74) is 0.419. The van der Waals surface area contributed by atoms with Crippen LogP contribution in [0.4, 0.5) is 8.78 Å². The van der Waals surface area contributed by atoms with Crippen molar-refractivity contribution in [3.8, 4) is 0 Å². The number of hydrogen-bond donors (Lipinski definition) is 0. The summed E-state index contributed by atoms with van der Waals surface area (Å²) in [7, 11) is 1.58. The molecule has 0 spiro atoms. The Kier molecular flexibility index (Phi) is 5.46. The molecule has 0 aliphatic heterocycles. The van der Waals surface area contributed by atoms with Crippen molar-refractivity contribution < 1.29 is 13.5 Å². The van der Waals surface area contributed by atoms with Gasteiger partial charge in [0.15, 0.2) is 11.0 Å². The number of allylic oxidation sites excluding steroid dienone is 1. The van der Waals surface area contributed by atoms with Gasteiger partial charge in [0.1, 0.15) is 18.2 Å². The fourth-order valence-electron chi connectivity index (χ4n) is 1.76. The molecule has 0 bridgehead atoms. The number of ether oxygens (including phenoxy) is 1. The van der Waals surface area contributed by atoms with E-state index < -0.39 is 11.6 Å². The quantitative estimate of drug-likeness (QED) is 0.581. The number of nitrogens with zero attached hydrogens (tertiary/aromatic N) is 3. The first kappa shape index (κ1) is 15.7. The molecular formula is C14H15F2N3OS. The monoisotopic (exact) mass is 311 g/mol. The van der Waals surface area contributed by atoms with Gasteiger partial charge in [0, 0.05) is 25.5 Å². The van der Waals surface area contributed by atoms with E-state index in [-0.39, 0.29) is 0 Å². The lowest BCUT2D eigenvalue weighted by molar-refractivity contribution is 0.174. The molecule has 0 saturated carbocycles. The Morgan fingerprint density at radius 2 is 2.19 bits per heavy atom. The smallest absolute Gasteiger partial charge is 0.191 e. The first-order chi connectivity index (χ1) is 10.2. The highest BCUT2D eigenvalue weighted by Crippen LogP contribution is 2.24. The van der Waals surface area contributed by atoms with E-state index in [0.717, 1.165) is 6.07 Å². The summed E-state index contributed by atoms with van der Waals surface area (Å²) in [5.74, 6) is -0.124. The predicted molar refractivity (Wildman–Crippen MR) is 76.9 cm³/mol. The normalized spacial score (nSPS) is 10.8. The average molecular weight is 311 g/mol. The molecule has 2 aromatic rings. The lowest BCUT2D eigenvalue weighted by atomic mass is 10.2. The predicted octanol–water partition coefficient (Wildman–Crippen LogP) is 3.18. The van der Waals surface area contributed by atoms with Crippen LogP contribution < -0.4 is 0 Å². The highest BCUT2D eigenvalue weighted by atomic mass is 32.2. The number of hydrogen-bond acceptors (Lipinski definition) is 4. The summed E-state index contributed by atoms with van der Waals surface area (Å²) in [4.78, 5) is 0. The number of aromatic nitrogens is 3. The first-order valence-electron chi connectivity index (χ1n) is 6.24. The standard InChI is InChI=1S/C14H15F2N3OS/c1-3-6-19-13(8-20-2)17-18-14(19)21-9-10-4-5-11(15)7-12(10)16/h3-5,7H,1,6,8-9H2,2H3. The Balaban J connectivity index is 2.13. The fraction of sp³-hybridized carbons (Fsp3) is 0.286. The van der Waals surface area contributed by atoms with Crippen LogP contribution in [0.5, 0.6) is 0 Å². The fourth-order valence-corrected chi connectivity index (χ4v) is 2.71. The van der Waals surface area contributed by atoms with Crippen LogP contribution in [0.2, 0.25) is 0 Å². The number of halogens is 2. The zero-order valence-corrected chi connectivity index (χ0v) is 12.4. The Labute approximate surface area is 125 Å². The molecule has 2 rings (SSSR count). The highest BCUT2D eigenvalue weighted by Gasteiger charge is 2.13. The molecule has 1 aromatic carbocycles. The van der Waals surface area contributed by atoms with Crippen molar-refractivity contribution in [3.63, 3.8) is 0 Å². The molecule has 0 aliphatic rings. The van der Waals surface area contributed by atoms with Crippen LogP contribution >= 0.6 is 11.8 Å². The van der Waals surface area contributed by atoms with E-state index in [9.17, 15) is 8.78 Å². The second kappa shape index (κ2) is 7.33. The van der Waals surface area contributed by atoms with E-state index in [4.69, 9.17) is 4.74 Å². The lowest BCUT2D eigenvalue weighted by Crippen LogP contribution is -2.05. The van der Waals surface area contributed by atoms with Crippen molar-refractivity contribution in [3.05, 3.63) is 53.9 Å². The third-order valence-electron chi connectivity index (χ3n) is 2.75. The summed E-state index contributed by atoms with van der Waals surface area (Å²) in [6.45, 7) is 4.57. The summed E-state index contributed by atoms with van der Waals surface area (Å²) in [5, 5.41) is 8.75. The molecule has 0 saturated heterocycles. The van der Waals surface area contributed by atoms with Gasteiger partial charge >= 0.3 is 0 Å². The summed E-state index contributed by atoms with van der Waals surface area (Å²) in [6.07, 6.45) is 1.73. The Morgan fingerprint density at radius 1 is 1.38 bits per heavy atom. The Morgan fingerprint density at radius 3 is 2.86 bits per heavy atom. The average Bonchev–Trinajstić information content (AvgIpc) is 2.82.